The van der Waals surface area contributed by atoms with Crippen molar-refractivity contribution in [2.75, 3.05) is 51.8 Å². The van der Waals surface area contributed by atoms with E-state index in [1.54, 1.807) is 7.11 Å². The van der Waals surface area contributed by atoms with E-state index in [1.807, 2.05) is 12.1 Å². The van der Waals surface area contributed by atoms with Gasteiger partial charge in [0.05, 0.1) is 20.3 Å². The molecule has 3 aromatic rings. The molecule has 172 valence electrons. The summed E-state index contributed by atoms with van der Waals surface area (Å²) in [5, 5.41) is 3.57. The van der Waals surface area contributed by atoms with Crippen LogP contribution in [-0.2, 0) is 4.74 Å². The summed E-state index contributed by atoms with van der Waals surface area (Å²) in [6.07, 6.45) is 0.941. The molecule has 1 aliphatic heterocycles. The molecule has 0 amide bonds. The maximum atomic E-state index is 5.44. The first kappa shape index (κ1) is 23.1. The van der Waals surface area contributed by atoms with Gasteiger partial charge in [0.2, 0.25) is 0 Å². The topological polar surface area (TPSA) is 33.7 Å². The van der Waals surface area contributed by atoms with Crippen molar-refractivity contribution in [1.29, 1.82) is 0 Å². The number of rotatable bonds is 9. The van der Waals surface area contributed by atoms with Crippen LogP contribution in [0.5, 0.6) is 5.75 Å². The Hall–Kier alpha value is -3.08. The Morgan fingerprint density at radius 3 is 2.12 bits per heavy atom. The highest BCUT2D eigenvalue weighted by molar-refractivity contribution is 5.98. The summed E-state index contributed by atoms with van der Waals surface area (Å²) in [7, 11) is 1.71. The van der Waals surface area contributed by atoms with Gasteiger partial charge < -0.3 is 14.8 Å². The Kier molecular flexibility index (Phi) is 8.18. The maximum absolute atomic E-state index is 5.44. The van der Waals surface area contributed by atoms with E-state index in [-0.39, 0.29) is 0 Å². The van der Waals surface area contributed by atoms with Gasteiger partial charge in [0, 0.05) is 31.9 Å². The Bertz CT molecular complexity index is 1020. The Morgan fingerprint density at radius 1 is 0.848 bits per heavy atom. The molecule has 0 saturated carbocycles. The first-order valence-electron chi connectivity index (χ1n) is 11.9. The fourth-order valence-electron chi connectivity index (χ4n) is 4.38. The van der Waals surface area contributed by atoms with Crippen LogP contribution >= 0.6 is 0 Å². The van der Waals surface area contributed by atoms with E-state index in [4.69, 9.17) is 9.47 Å². The summed E-state index contributed by atoms with van der Waals surface area (Å²) in [6, 6.07) is 27.9. The van der Waals surface area contributed by atoms with E-state index in [0.29, 0.717) is 0 Å². The lowest BCUT2D eigenvalue weighted by Crippen LogP contribution is -2.38. The zero-order chi connectivity index (χ0) is 22.9. The number of nitrogens with zero attached hydrogens (tertiary/aromatic N) is 1. The van der Waals surface area contributed by atoms with Gasteiger partial charge in [0.25, 0.3) is 0 Å². The molecule has 1 aliphatic rings. The van der Waals surface area contributed by atoms with Crippen LogP contribution in [0.4, 0.5) is 5.69 Å². The molecule has 0 aromatic heterocycles. The standard InChI is InChI=1S/C29H34N2O2/c1-3-28(23-11-15-27(32-2)16-12-23)29(24-7-5-4-6-8-24)25-9-13-26(14-10-25)30-17-18-31-19-21-33-22-20-31/h4-16,30H,3,17-22H2,1-2H3/b29-28-. The smallest absolute Gasteiger partial charge is 0.118 e. The molecule has 33 heavy (non-hydrogen) atoms. The van der Waals surface area contributed by atoms with Crippen LogP contribution < -0.4 is 10.1 Å². The van der Waals surface area contributed by atoms with E-state index in [1.165, 1.54) is 27.8 Å². The first-order valence-corrected chi connectivity index (χ1v) is 11.9. The zero-order valence-corrected chi connectivity index (χ0v) is 19.7. The minimum atomic E-state index is 0.844. The van der Waals surface area contributed by atoms with Crippen LogP contribution in [0.1, 0.15) is 30.0 Å². The van der Waals surface area contributed by atoms with Gasteiger partial charge in [0.15, 0.2) is 0 Å². The molecule has 0 spiro atoms. The summed E-state index contributed by atoms with van der Waals surface area (Å²) < 4.78 is 10.8. The van der Waals surface area contributed by atoms with E-state index < -0.39 is 0 Å². The van der Waals surface area contributed by atoms with Gasteiger partial charge in [-0.05, 0) is 58.5 Å². The maximum Gasteiger partial charge on any atom is 0.118 e. The molecule has 3 aromatic carbocycles. The minimum absolute atomic E-state index is 0.844. The number of hydrogen-bond donors (Lipinski definition) is 1. The molecular formula is C29H34N2O2. The van der Waals surface area contributed by atoms with Crippen LogP contribution in [0, 0.1) is 0 Å². The predicted molar refractivity (Wildman–Crippen MR) is 138 cm³/mol. The number of nitrogens with one attached hydrogen (secondary N) is 1. The van der Waals surface area contributed by atoms with Gasteiger partial charge in [0.1, 0.15) is 5.75 Å². The lowest BCUT2D eigenvalue weighted by Gasteiger charge is -2.26. The molecule has 4 rings (SSSR count). The molecule has 0 atom stereocenters. The monoisotopic (exact) mass is 442 g/mol. The third-order valence-electron chi connectivity index (χ3n) is 6.19. The lowest BCUT2D eigenvalue weighted by atomic mass is 9.88. The van der Waals surface area contributed by atoms with Crippen molar-refractivity contribution in [3.8, 4) is 5.75 Å². The van der Waals surface area contributed by atoms with Crippen LogP contribution in [0.2, 0.25) is 0 Å². The zero-order valence-electron chi connectivity index (χ0n) is 19.7. The van der Waals surface area contributed by atoms with Crippen molar-refractivity contribution in [1.82, 2.24) is 4.90 Å². The van der Waals surface area contributed by atoms with Crippen molar-refractivity contribution in [2.24, 2.45) is 0 Å². The molecule has 0 bridgehead atoms. The van der Waals surface area contributed by atoms with Crippen LogP contribution in [0.15, 0.2) is 78.9 Å². The average Bonchev–Trinajstić information content (AvgIpc) is 2.89. The van der Waals surface area contributed by atoms with Crippen molar-refractivity contribution >= 4 is 16.8 Å². The van der Waals surface area contributed by atoms with Gasteiger partial charge in [-0.25, -0.2) is 0 Å². The van der Waals surface area contributed by atoms with Crippen LogP contribution in [0.25, 0.3) is 11.1 Å². The summed E-state index contributed by atoms with van der Waals surface area (Å²) >= 11 is 0. The summed E-state index contributed by atoms with van der Waals surface area (Å²) in [5.41, 5.74) is 7.46. The largest absolute Gasteiger partial charge is 0.497 e. The highest BCUT2D eigenvalue weighted by Gasteiger charge is 2.13. The fraction of sp³-hybridized carbons (Fsp3) is 0.310. The number of allylic oxidation sites excluding steroid dienone is 1. The summed E-state index contributed by atoms with van der Waals surface area (Å²) in [4.78, 5) is 2.45. The molecule has 0 unspecified atom stereocenters. The normalized spacial score (nSPS) is 15.1. The first-order chi connectivity index (χ1) is 16.3. The number of benzene rings is 3. The van der Waals surface area contributed by atoms with E-state index >= 15 is 0 Å². The Balaban J connectivity index is 1.58. The number of anilines is 1. The molecule has 0 radical (unpaired) electrons. The van der Waals surface area contributed by atoms with Crippen LogP contribution in [-0.4, -0.2) is 51.4 Å². The van der Waals surface area contributed by atoms with Gasteiger partial charge >= 0.3 is 0 Å². The Labute approximate surface area is 197 Å². The highest BCUT2D eigenvalue weighted by atomic mass is 16.5. The van der Waals surface area contributed by atoms with Gasteiger partial charge in [-0.1, -0.05) is 61.5 Å². The molecular weight excluding hydrogens is 408 g/mol. The third-order valence-corrected chi connectivity index (χ3v) is 6.19. The molecule has 1 fully saturated rings. The molecule has 0 aliphatic carbocycles. The molecule has 4 heteroatoms. The summed E-state index contributed by atoms with van der Waals surface area (Å²) in [6.45, 7) is 7.94. The number of hydrogen-bond acceptors (Lipinski definition) is 4. The number of methoxy groups -OCH3 is 1. The second-order valence-electron chi connectivity index (χ2n) is 8.26. The van der Waals surface area contributed by atoms with Gasteiger partial charge in [-0.3, -0.25) is 4.90 Å². The number of ether oxygens (including phenoxy) is 2. The average molecular weight is 443 g/mol. The van der Waals surface area contributed by atoms with E-state index in [2.05, 4.69) is 83.9 Å². The number of morpholine rings is 1. The van der Waals surface area contributed by atoms with E-state index in [0.717, 1.165) is 57.3 Å². The predicted octanol–water partition coefficient (Wildman–Crippen LogP) is 5.81. The van der Waals surface area contributed by atoms with Crippen molar-refractivity contribution < 1.29 is 9.47 Å². The lowest BCUT2D eigenvalue weighted by molar-refractivity contribution is 0.0398. The molecule has 1 heterocycles. The second kappa shape index (κ2) is 11.7. The van der Waals surface area contributed by atoms with Crippen molar-refractivity contribution in [3.05, 3.63) is 95.6 Å². The minimum Gasteiger partial charge on any atom is -0.497 e. The fourth-order valence-corrected chi connectivity index (χ4v) is 4.38. The third kappa shape index (κ3) is 6.04. The SMILES string of the molecule is CC/C(=C(\c1ccccc1)c1ccc(NCCN2CCOCC2)cc1)c1ccc(OC)cc1. The Morgan fingerprint density at radius 2 is 1.48 bits per heavy atom. The van der Waals surface area contributed by atoms with Crippen molar-refractivity contribution in [2.45, 2.75) is 13.3 Å². The van der Waals surface area contributed by atoms with Gasteiger partial charge in [-0.2, -0.15) is 0 Å². The molecule has 4 nitrogen and oxygen atoms in total. The van der Waals surface area contributed by atoms with E-state index in [9.17, 15) is 0 Å². The van der Waals surface area contributed by atoms with Crippen molar-refractivity contribution in [3.63, 3.8) is 0 Å². The van der Waals surface area contributed by atoms with Gasteiger partial charge in [-0.15, -0.1) is 0 Å². The quantitative estimate of drug-likeness (QED) is 0.424. The molecule has 1 N–H and O–H groups in total. The molecule has 1 saturated heterocycles. The van der Waals surface area contributed by atoms with Crippen LogP contribution in [0.3, 0.4) is 0 Å². The highest BCUT2D eigenvalue weighted by Crippen LogP contribution is 2.35. The summed E-state index contributed by atoms with van der Waals surface area (Å²) in [5.74, 6) is 0.878. The second-order valence-corrected chi connectivity index (χ2v) is 8.26.